The number of piperidine rings is 1. The number of fused-ring (bicyclic) bond motifs is 1. The van der Waals surface area contributed by atoms with E-state index in [9.17, 15) is 0 Å². The van der Waals surface area contributed by atoms with E-state index in [0.717, 1.165) is 43.4 Å². The number of hydrogen-bond donors (Lipinski definition) is 1. The van der Waals surface area contributed by atoms with Crippen LogP contribution in [0.5, 0.6) is 23.0 Å². The van der Waals surface area contributed by atoms with Gasteiger partial charge in [-0.2, -0.15) is 0 Å². The maximum absolute atomic E-state index is 6.11. The van der Waals surface area contributed by atoms with Crippen LogP contribution in [0.1, 0.15) is 12.8 Å². The molecule has 8 heteroatoms. The predicted molar refractivity (Wildman–Crippen MR) is 128 cm³/mol. The number of benzene rings is 2. The van der Waals surface area contributed by atoms with Gasteiger partial charge in [-0.15, -0.1) is 24.8 Å². The van der Waals surface area contributed by atoms with Gasteiger partial charge in [0.1, 0.15) is 18.5 Å². The minimum absolute atomic E-state index is 0. The summed E-state index contributed by atoms with van der Waals surface area (Å²) in [6, 6.07) is 14.0. The van der Waals surface area contributed by atoms with Crippen molar-refractivity contribution in [3.63, 3.8) is 0 Å². The number of hydrogen-bond acceptors (Lipinski definition) is 6. The maximum atomic E-state index is 6.11. The molecular weight excluding hydrogens is 439 g/mol. The average Bonchev–Trinajstić information content (AvgIpc) is 2.79. The third-order valence-electron chi connectivity index (χ3n) is 5.72. The molecule has 2 aromatic carbocycles. The van der Waals surface area contributed by atoms with Crippen LogP contribution in [-0.2, 0) is 0 Å². The van der Waals surface area contributed by atoms with E-state index in [1.54, 1.807) is 14.2 Å². The van der Waals surface area contributed by atoms with Crippen LogP contribution in [0.25, 0.3) is 0 Å². The normalized spacial score (nSPS) is 17.9. The van der Waals surface area contributed by atoms with E-state index >= 15 is 0 Å². The van der Waals surface area contributed by atoms with Crippen molar-refractivity contribution in [3.05, 3.63) is 42.5 Å². The quantitative estimate of drug-likeness (QED) is 0.654. The Morgan fingerprint density at radius 3 is 2.39 bits per heavy atom. The van der Waals surface area contributed by atoms with Crippen molar-refractivity contribution in [3.8, 4) is 23.0 Å². The van der Waals surface area contributed by atoms with Crippen molar-refractivity contribution in [1.82, 2.24) is 5.32 Å². The molecule has 2 aliphatic rings. The molecule has 31 heavy (non-hydrogen) atoms. The third kappa shape index (κ3) is 6.03. The molecule has 2 aliphatic heterocycles. The van der Waals surface area contributed by atoms with E-state index in [2.05, 4.69) is 22.3 Å². The molecule has 0 saturated carbocycles. The highest BCUT2D eigenvalue weighted by Crippen LogP contribution is 2.40. The van der Waals surface area contributed by atoms with Gasteiger partial charge in [-0.25, -0.2) is 0 Å². The van der Waals surface area contributed by atoms with E-state index in [1.165, 1.54) is 18.5 Å². The van der Waals surface area contributed by atoms with Crippen molar-refractivity contribution in [2.75, 3.05) is 51.9 Å². The first-order valence-corrected chi connectivity index (χ1v) is 10.3. The van der Waals surface area contributed by atoms with Gasteiger partial charge in [0.15, 0.2) is 11.5 Å². The SMILES string of the molecule is COc1ccccc1N1CCC(CNCC2COc3cccc(OC)c3O2)CC1.Cl.Cl. The molecular formula is C23H32Cl2N2O4. The second kappa shape index (κ2) is 12.1. The summed E-state index contributed by atoms with van der Waals surface area (Å²) in [5.41, 5.74) is 1.20. The van der Waals surface area contributed by atoms with Gasteiger partial charge >= 0.3 is 0 Å². The number of rotatable bonds is 7. The molecule has 1 unspecified atom stereocenters. The van der Waals surface area contributed by atoms with Crippen molar-refractivity contribution < 1.29 is 18.9 Å². The topological polar surface area (TPSA) is 52.2 Å². The van der Waals surface area contributed by atoms with Gasteiger partial charge < -0.3 is 29.2 Å². The standard InChI is InChI=1S/C23H30N2O4.2ClH/c1-26-20-7-4-3-6-19(20)25-12-10-17(11-13-25)14-24-15-18-16-28-22-9-5-8-21(27-2)23(22)29-18;;/h3-9,17-18,24H,10-16H2,1-2H3;2*1H. The largest absolute Gasteiger partial charge is 0.495 e. The lowest BCUT2D eigenvalue weighted by Crippen LogP contribution is -2.42. The highest BCUT2D eigenvalue weighted by molar-refractivity contribution is 5.85. The Morgan fingerprint density at radius 1 is 0.935 bits per heavy atom. The molecule has 6 nitrogen and oxygen atoms in total. The number of nitrogens with one attached hydrogen (secondary N) is 1. The molecule has 0 amide bonds. The highest BCUT2D eigenvalue weighted by atomic mass is 35.5. The lowest BCUT2D eigenvalue weighted by molar-refractivity contribution is 0.0855. The van der Waals surface area contributed by atoms with E-state index in [4.69, 9.17) is 18.9 Å². The smallest absolute Gasteiger partial charge is 0.204 e. The number of anilines is 1. The molecule has 1 fully saturated rings. The summed E-state index contributed by atoms with van der Waals surface area (Å²) in [4.78, 5) is 2.43. The lowest BCUT2D eigenvalue weighted by Gasteiger charge is -2.34. The minimum Gasteiger partial charge on any atom is -0.495 e. The molecule has 0 aromatic heterocycles. The maximum Gasteiger partial charge on any atom is 0.204 e. The van der Waals surface area contributed by atoms with E-state index < -0.39 is 0 Å². The molecule has 1 N–H and O–H groups in total. The van der Waals surface area contributed by atoms with Gasteiger partial charge in [0.2, 0.25) is 5.75 Å². The molecule has 1 atom stereocenters. The number of nitrogens with zero attached hydrogens (tertiary/aromatic N) is 1. The predicted octanol–water partition coefficient (Wildman–Crippen LogP) is 4.19. The van der Waals surface area contributed by atoms with Gasteiger partial charge in [0, 0.05) is 19.6 Å². The Balaban J connectivity index is 0.00000171. The Morgan fingerprint density at radius 2 is 1.65 bits per heavy atom. The van der Waals surface area contributed by atoms with E-state index in [1.807, 2.05) is 30.3 Å². The van der Waals surface area contributed by atoms with Gasteiger partial charge in [-0.3, -0.25) is 0 Å². The molecule has 2 aromatic rings. The molecule has 4 rings (SSSR count). The van der Waals surface area contributed by atoms with Crippen LogP contribution in [-0.4, -0.2) is 53.1 Å². The van der Waals surface area contributed by atoms with Gasteiger partial charge in [0.25, 0.3) is 0 Å². The van der Waals surface area contributed by atoms with Crippen LogP contribution in [0.15, 0.2) is 42.5 Å². The molecule has 0 radical (unpaired) electrons. The second-order valence-corrected chi connectivity index (χ2v) is 7.60. The fraction of sp³-hybridized carbons (Fsp3) is 0.478. The fourth-order valence-corrected chi connectivity index (χ4v) is 4.09. The van der Waals surface area contributed by atoms with Gasteiger partial charge in [-0.1, -0.05) is 18.2 Å². The monoisotopic (exact) mass is 470 g/mol. The van der Waals surface area contributed by atoms with Crippen LogP contribution in [0.3, 0.4) is 0 Å². The van der Waals surface area contributed by atoms with Crippen LogP contribution in [0.4, 0.5) is 5.69 Å². The van der Waals surface area contributed by atoms with E-state index in [-0.39, 0.29) is 30.9 Å². The van der Waals surface area contributed by atoms with Crippen LogP contribution >= 0.6 is 24.8 Å². The van der Waals surface area contributed by atoms with Crippen LogP contribution in [0, 0.1) is 5.92 Å². The first kappa shape index (κ1) is 25.2. The van der Waals surface area contributed by atoms with Gasteiger partial charge in [-0.05, 0) is 49.6 Å². The average molecular weight is 471 g/mol. The van der Waals surface area contributed by atoms with Crippen LogP contribution < -0.4 is 29.2 Å². The Labute approximate surface area is 197 Å². The molecule has 0 bridgehead atoms. The Kier molecular flexibility index (Phi) is 9.88. The zero-order chi connectivity index (χ0) is 20.1. The molecule has 0 aliphatic carbocycles. The molecule has 172 valence electrons. The number of ether oxygens (including phenoxy) is 4. The van der Waals surface area contributed by atoms with E-state index in [0.29, 0.717) is 18.3 Å². The number of halogens is 2. The molecule has 0 spiro atoms. The first-order chi connectivity index (χ1) is 14.3. The zero-order valence-electron chi connectivity index (χ0n) is 18.0. The summed E-state index contributed by atoms with van der Waals surface area (Å²) in [5, 5.41) is 3.58. The number of methoxy groups -OCH3 is 2. The second-order valence-electron chi connectivity index (χ2n) is 7.60. The van der Waals surface area contributed by atoms with Crippen molar-refractivity contribution in [2.45, 2.75) is 18.9 Å². The van der Waals surface area contributed by atoms with Crippen molar-refractivity contribution in [2.24, 2.45) is 5.92 Å². The van der Waals surface area contributed by atoms with Crippen molar-refractivity contribution in [1.29, 1.82) is 0 Å². The molecule has 2 heterocycles. The molecule has 1 saturated heterocycles. The third-order valence-corrected chi connectivity index (χ3v) is 5.72. The summed E-state index contributed by atoms with van der Waals surface area (Å²) >= 11 is 0. The Bertz CT molecular complexity index is 802. The fourth-order valence-electron chi connectivity index (χ4n) is 4.09. The Hall–Kier alpha value is -2.02. The summed E-state index contributed by atoms with van der Waals surface area (Å²) in [6.45, 7) is 4.43. The number of para-hydroxylation sites is 3. The summed E-state index contributed by atoms with van der Waals surface area (Å²) < 4.78 is 22.8. The zero-order valence-corrected chi connectivity index (χ0v) is 19.7. The first-order valence-electron chi connectivity index (χ1n) is 10.3. The van der Waals surface area contributed by atoms with Crippen LogP contribution in [0.2, 0.25) is 0 Å². The highest BCUT2D eigenvalue weighted by Gasteiger charge is 2.25. The minimum atomic E-state index is -0.00697. The summed E-state index contributed by atoms with van der Waals surface area (Å²) in [5.74, 6) is 3.81. The van der Waals surface area contributed by atoms with Crippen molar-refractivity contribution >= 4 is 30.5 Å². The summed E-state index contributed by atoms with van der Waals surface area (Å²) in [6.07, 6.45) is 2.33. The summed E-state index contributed by atoms with van der Waals surface area (Å²) in [7, 11) is 3.39. The lowest BCUT2D eigenvalue weighted by atomic mass is 9.96. The van der Waals surface area contributed by atoms with Gasteiger partial charge in [0.05, 0.1) is 19.9 Å².